The van der Waals surface area contributed by atoms with E-state index in [1.807, 2.05) is 0 Å². The van der Waals surface area contributed by atoms with E-state index in [-0.39, 0.29) is 18.4 Å². The van der Waals surface area contributed by atoms with Crippen LogP contribution in [0.2, 0.25) is 0 Å². The van der Waals surface area contributed by atoms with Crippen molar-refractivity contribution in [3.05, 3.63) is 0 Å². The van der Waals surface area contributed by atoms with Gasteiger partial charge < -0.3 is 13.8 Å². The summed E-state index contributed by atoms with van der Waals surface area (Å²) >= 11 is 0. The van der Waals surface area contributed by atoms with Gasteiger partial charge in [0.25, 0.3) is 20.2 Å². The van der Waals surface area contributed by atoms with Gasteiger partial charge in [0, 0.05) is 12.3 Å². The molecule has 3 unspecified atom stereocenters. The summed E-state index contributed by atoms with van der Waals surface area (Å²) in [6.45, 7) is 1.57. The lowest BCUT2D eigenvalue weighted by Gasteiger charge is -2.22. The van der Waals surface area contributed by atoms with Gasteiger partial charge in [-0.2, -0.15) is 16.8 Å². The molecular weight excluding hydrogens is 526 g/mol. The molecule has 0 amide bonds. The van der Waals surface area contributed by atoms with Crippen LogP contribution in [0.3, 0.4) is 0 Å². The molecular formula is C20H40O10P2S2. The van der Waals surface area contributed by atoms with Gasteiger partial charge in [0.1, 0.15) is 13.6 Å². The Morgan fingerprint density at radius 1 is 0.735 bits per heavy atom. The van der Waals surface area contributed by atoms with Crippen molar-refractivity contribution in [1.29, 1.82) is 0 Å². The molecule has 0 saturated heterocycles. The molecule has 10 nitrogen and oxygen atoms in total. The minimum absolute atomic E-state index is 0.178. The highest BCUT2D eigenvalue weighted by Crippen LogP contribution is 2.32. The Morgan fingerprint density at radius 2 is 1.21 bits per heavy atom. The molecule has 3 atom stereocenters. The first-order valence-corrected chi connectivity index (χ1v) is 18.6. The van der Waals surface area contributed by atoms with E-state index in [2.05, 4.69) is 0 Å². The van der Waals surface area contributed by atoms with Crippen molar-refractivity contribution >= 4 is 36.1 Å². The Bertz CT molecular complexity index is 851. The Kier molecular flexibility index (Phi) is 13.8. The van der Waals surface area contributed by atoms with Gasteiger partial charge in [-0.05, 0) is 45.4 Å². The molecule has 0 heterocycles. The highest BCUT2D eigenvalue weighted by molar-refractivity contribution is 7.86. The van der Waals surface area contributed by atoms with Crippen LogP contribution in [0, 0.1) is 0 Å². The minimum Gasteiger partial charge on any atom is -0.353 e. The van der Waals surface area contributed by atoms with Gasteiger partial charge in [-0.25, -0.2) is 0 Å². The summed E-state index contributed by atoms with van der Waals surface area (Å²) in [5.74, 6) is -2.06. The Labute approximate surface area is 205 Å². The van der Waals surface area contributed by atoms with Crippen LogP contribution < -0.4 is 0 Å². The van der Waals surface area contributed by atoms with Crippen molar-refractivity contribution in [3.63, 3.8) is 0 Å². The molecule has 2 fully saturated rings. The summed E-state index contributed by atoms with van der Waals surface area (Å²) in [6, 6.07) is 0. The first-order valence-electron chi connectivity index (χ1n) is 12.2. The van der Waals surface area contributed by atoms with E-state index in [1.165, 1.54) is 0 Å². The van der Waals surface area contributed by atoms with E-state index in [1.54, 1.807) is 6.92 Å². The standard InChI is InChI=1S/C20H40O10P2S2/c1-18(27-16-33(23,24)29-19-10-4-2-5-11-19)31(21)14-8-9-15-32(22)28-17-34(25,26)30-20-12-6-3-7-13-20/h18-20,31-32H,2-17H2,1H3. The maximum Gasteiger partial charge on any atom is 0.292 e. The Balaban J connectivity index is 1.56. The van der Waals surface area contributed by atoms with Gasteiger partial charge in [-0.3, -0.25) is 12.9 Å². The van der Waals surface area contributed by atoms with Crippen LogP contribution in [0.25, 0.3) is 0 Å². The zero-order valence-electron chi connectivity index (χ0n) is 19.9. The number of unbranched alkanes of at least 4 members (excludes halogenated alkanes) is 1. The zero-order chi connectivity index (χ0) is 25.0. The summed E-state index contributed by atoms with van der Waals surface area (Å²) in [4.78, 5) is 0. The minimum atomic E-state index is -3.88. The quantitative estimate of drug-likeness (QED) is 0.149. The largest absolute Gasteiger partial charge is 0.353 e. The number of hydrogen-bond donors (Lipinski definition) is 0. The van der Waals surface area contributed by atoms with Crippen molar-refractivity contribution in [2.45, 2.75) is 102 Å². The van der Waals surface area contributed by atoms with Crippen LogP contribution in [0.5, 0.6) is 0 Å². The van der Waals surface area contributed by atoms with Gasteiger partial charge in [0.2, 0.25) is 0 Å². The van der Waals surface area contributed by atoms with Crippen LogP contribution in [-0.2, 0) is 47.0 Å². The van der Waals surface area contributed by atoms with Crippen molar-refractivity contribution in [3.8, 4) is 0 Å². The van der Waals surface area contributed by atoms with Crippen molar-refractivity contribution in [2.24, 2.45) is 0 Å². The second-order valence-electron chi connectivity index (χ2n) is 9.06. The van der Waals surface area contributed by atoms with Crippen LogP contribution in [0.4, 0.5) is 0 Å². The highest BCUT2D eigenvalue weighted by Gasteiger charge is 2.24. The normalized spacial score (nSPS) is 21.8. The van der Waals surface area contributed by atoms with E-state index in [0.29, 0.717) is 31.8 Å². The highest BCUT2D eigenvalue weighted by atomic mass is 32.2. The molecule has 2 aliphatic rings. The lowest BCUT2D eigenvalue weighted by Crippen LogP contribution is -2.24. The average Bonchev–Trinajstić information content (AvgIpc) is 2.79. The summed E-state index contributed by atoms with van der Waals surface area (Å²) in [5, 5.41) is 0. The van der Waals surface area contributed by atoms with Crippen LogP contribution in [0.1, 0.15) is 84.0 Å². The maximum atomic E-state index is 12.4. The molecule has 0 aromatic rings. The van der Waals surface area contributed by atoms with Gasteiger partial charge in [-0.1, -0.05) is 38.5 Å². The summed E-state index contributed by atoms with van der Waals surface area (Å²) in [6.07, 6.45) is 9.61. The van der Waals surface area contributed by atoms with Crippen LogP contribution in [-0.4, -0.2) is 59.1 Å². The molecule has 0 bridgehead atoms. The van der Waals surface area contributed by atoms with E-state index in [0.717, 1.165) is 51.4 Å². The molecule has 14 heteroatoms. The Hall–Kier alpha value is 0.200. The first-order chi connectivity index (χ1) is 16.1. The third-order valence-corrected chi connectivity index (χ3v) is 11.3. The molecule has 0 aliphatic heterocycles. The van der Waals surface area contributed by atoms with Crippen molar-refractivity contribution in [2.75, 3.05) is 24.2 Å². The summed E-state index contributed by atoms with van der Waals surface area (Å²) in [7, 11) is -12.5. The van der Waals surface area contributed by atoms with Gasteiger partial charge in [-0.15, -0.1) is 0 Å². The molecule has 2 aliphatic carbocycles. The predicted molar refractivity (Wildman–Crippen MR) is 132 cm³/mol. The Morgan fingerprint density at radius 3 is 1.74 bits per heavy atom. The lowest BCUT2D eigenvalue weighted by molar-refractivity contribution is 0.123. The van der Waals surface area contributed by atoms with E-state index in [9.17, 15) is 26.0 Å². The molecule has 0 spiro atoms. The monoisotopic (exact) mass is 566 g/mol. The lowest BCUT2D eigenvalue weighted by atomic mass is 9.98. The number of rotatable bonds is 16. The fraction of sp³-hybridized carbons (Fsp3) is 1.00. The summed E-state index contributed by atoms with van der Waals surface area (Å²) < 4.78 is 93.0. The second kappa shape index (κ2) is 15.5. The zero-order valence-corrected chi connectivity index (χ0v) is 23.6. The molecule has 0 aromatic heterocycles. The third-order valence-electron chi connectivity index (χ3n) is 6.00. The molecule has 2 rings (SSSR count). The molecule has 0 radical (unpaired) electrons. The molecule has 2 saturated carbocycles. The fourth-order valence-corrected chi connectivity index (χ4v) is 8.93. The van der Waals surface area contributed by atoms with Gasteiger partial charge in [0.05, 0.1) is 12.2 Å². The molecule has 0 N–H and O–H groups in total. The predicted octanol–water partition coefficient (Wildman–Crippen LogP) is 4.45. The maximum absolute atomic E-state index is 12.4. The third kappa shape index (κ3) is 12.9. The van der Waals surface area contributed by atoms with Crippen LogP contribution in [0.15, 0.2) is 0 Å². The topological polar surface area (TPSA) is 139 Å². The SMILES string of the molecule is CC(OCS(=O)(=O)OC1CCCCC1)[PH](=O)CCCC[PH](=O)OCS(=O)(=O)OC1CCCCC1. The van der Waals surface area contributed by atoms with E-state index < -0.39 is 53.8 Å². The molecule has 202 valence electrons. The first kappa shape index (κ1) is 30.4. The number of ether oxygens (including phenoxy) is 1. The van der Waals surface area contributed by atoms with Gasteiger partial charge in [0.15, 0.2) is 19.9 Å². The van der Waals surface area contributed by atoms with Crippen LogP contribution >= 0.6 is 15.8 Å². The number of hydrogen-bond acceptors (Lipinski definition) is 10. The second-order valence-corrected chi connectivity index (χ2v) is 15.9. The smallest absolute Gasteiger partial charge is 0.292 e. The van der Waals surface area contributed by atoms with Crippen molar-refractivity contribution < 1.29 is 43.6 Å². The van der Waals surface area contributed by atoms with Gasteiger partial charge >= 0.3 is 0 Å². The van der Waals surface area contributed by atoms with Crippen molar-refractivity contribution in [1.82, 2.24) is 0 Å². The average molecular weight is 567 g/mol. The van der Waals surface area contributed by atoms with E-state index >= 15 is 0 Å². The molecule has 34 heavy (non-hydrogen) atoms. The molecule has 0 aromatic carbocycles. The summed E-state index contributed by atoms with van der Waals surface area (Å²) in [5.41, 5.74) is 0. The fourth-order valence-electron chi connectivity index (χ4n) is 4.05. The van der Waals surface area contributed by atoms with E-state index in [4.69, 9.17) is 17.6 Å².